The average molecular weight is 574 g/mol. The summed E-state index contributed by atoms with van der Waals surface area (Å²) in [6.07, 6.45) is 1.93. The first kappa shape index (κ1) is 28.3. The molecule has 2 aromatic heterocycles. The fourth-order valence-electron chi connectivity index (χ4n) is 5.42. The number of anilines is 1. The van der Waals surface area contributed by atoms with Crippen LogP contribution in [0.5, 0.6) is 0 Å². The second-order valence-electron chi connectivity index (χ2n) is 10.7. The molecule has 0 aliphatic carbocycles. The predicted molar refractivity (Wildman–Crippen MR) is 148 cm³/mol. The Morgan fingerprint density at radius 2 is 1.80 bits per heavy atom. The largest absolute Gasteiger partial charge is 0.372 e. The van der Waals surface area contributed by atoms with Crippen molar-refractivity contribution in [3.05, 3.63) is 54.4 Å². The number of morpholine rings is 1. The second-order valence-corrected chi connectivity index (χ2v) is 12.6. The van der Waals surface area contributed by atoms with Gasteiger partial charge in [-0.25, -0.2) is 13.4 Å². The van der Waals surface area contributed by atoms with E-state index in [1.807, 2.05) is 42.5 Å². The normalized spacial score (nSPS) is 24.1. The third-order valence-electron chi connectivity index (χ3n) is 7.40. The minimum Gasteiger partial charge on any atom is -0.372 e. The number of hydrogen-bond acceptors (Lipinski definition) is 7. The van der Waals surface area contributed by atoms with Crippen molar-refractivity contribution in [1.82, 2.24) is 19.6 Å². The maximum atomic E-state index is 12.9. The van der Waals surface area contributed by atoms with Gasteiger partial charge in [0.25, 0.3) is 10.0 Å². The summed E-state index contributed by atoms with van der Waals surface area (Å²) in [6, 6.07) is 13.2. The molecular formula is C28H33F2N5O4S. The lowest BCUT2D eigenvalue weighted by Crippen LogP contribution is -2.45. The van der Waals surface area contributed by atoms with Gasteiger partial charge in [-0.05, 0) is 49.4 Å². The molecule has 0 bridgehead atoms. The maximum absolute atomic E-state index is 12.9. The molecule has 2 saturated heterocycles. The summed E-state index contributed by atoms with van der Waals surface area (Å²) in [7, 11) is -4.68. The van der Waals surface area contributed by atoms with Crippen molar-refractivity contribution in [2.45, 2.75) is 51.2 Å². The van der Waals surface area contributed by atoms with Gasteiger partial charge in [-0.15, -0.1) is 0 Å². The highest BCUT2D eigenvalue weighted by Gasteiger charge is 2.41. The highest BCUT2D eigenvalue weighted by molar-refractivity contribution is 7.89. The van der Waals surface area contributed by atoms with Crippen molar-refractivity contribution < 1.29 is 26.7 Å². The Hall–Kier alpha value is -3.22. The van der Waals surface area contributed by atoms with Gasteiger partial charge in [0, 0.05) is 49.4 Å². The highest BCUT2D eigenvalue weighted by Crippen LogP contribution is 2.27. The van der Waals surface area contributed by atoms with Gasteiger partial charge in [0.1, 0.15) is 5.82 Å². The Morgan fingerprint density at radius 3 is 2.52 bits per heavy atom. The molecule has 9 nitrogen and oxygen atoms in total. The van der Waals surface area contributed by atoms with Gasteiger partial charge in [-0.3, -0.25) is 9.78 Å². The molecule has 1 N–H and O–H groups in total. The summed E-state index contributed by atoms with van der Waals surface area (Å²) in [4.78, 5) is 24.3. The molecule has 4 atom stereocenters. The first-order valence-electron chi connectivity index (χ1n) is 13.3. The SMILES string of the molecule is C[C@@H]1CN(c2cccc(-c3ccc4cnc(CC(=O)N[C@H]5CN(S(=O)(=O)C(F)F)C[C@@H]5C)cc4c3)n2)C[C@H](C)O1. The molecule has 214 valence electrons. The maximum Gasteiger partial charge on any atom is 0.350 e. The number of rotatable bonds is 7. The Labute approximate surface area is 232 Å². The number of alkyl halides is 2. The van der Waals surface area contributed by atoms with E-state index in [1.165, 1.54) is 0 Å². The number of carbonyl (C=O) groups is 1. The zero-order valence-electron chi connectivity index (χ0n) is 22.6. The number of amides is 1. The Kier molecular flexibility index (Phi) is 8.03. The summed E-state index contributed by atoms with van der Waals surface area (Å²) in [5.74, 6) is -3.23. The van der Waals surface area contributed by atoms with E-state index in [4.69, 9.17) is 9.72 Å². The summed E-state index contributed by atoms with van der Waals surface area (Å²) < 4.78 is 56.1. The van der Waals surface area contributed by atoms with Crippen LogP contribution < -0.4 is 10.2 Å². The molecule has 5 rings (SSSR count). The molecule has 4 heterocycles. The highest BCUT2D eigenvalue weighted by atomic mass is 32.2. The summed E-state index contributed by atoms with van der Waals surface area (Å²) in [5, 5.41) is 4.61. The van der Waals surface area contributed by atoms with Crippen LogP contribution in [0.4, 0.5) is 14.6 Å². The molecule has 1 aromatic carbocycles. The predicted octanol–water partition coefficient (Wildman–Crippen LogP) is 3.44. The molecular weight excluding hydrogens is 540 g/mol. The van der Waals surface area contributed by atoms with Crippen LogP contribution in [0.25, 0.3) is 22.0 Å². The minimum absolute atomic E-state index is 0.0217. The molecule has 0 radical (unpaired) electrons. The van der Waals surface area contributed by atoms with Crippen molar-refractivity contribution in [2.24, 2.45) is 5.92 Å². The van der Waals surface area contributed by atoms with E-state index < -0.39 is 21.8 Å². The van der Waals surface area contributed by atoms with E-state index in [0.29, 0.717) is 5.69 Å². The number of carbonyl (C=O) groups excluding carboxylic acids is 1. The van der Waals surface area contributed by atoms with Crippen LogP contribution in [0.2, 0.25) is 0 Å². The van der Waals surface area contributed by atoms with Crippen LogP contribution in [0, 0.1) is 5.92 Å². The van der Waals surface area contributed by atoms with Crippen LogP contribution in [-0.2, 0) is 26.0 Å². The lowest BCUT2D eigenvalue weighted by Gasteiger charge is -2.36. The van der Waals surface area contributed by atoms with Gasteiger partial charge in [0.05, 0.1) is 30.0 Å². The lowest BCUT2D eigenvalue weighted by atomic mass is 10.0. The van der Waals surface area contributed by atoms with Crippen molar-refractivity contribution in [3.63, 3.8) is 0 Å². The molecule has 2 fully saturated rings. The van der Waals surface area contributed by atoms with E-state index in [2.05, 4.69) is 29.0 Å². The van der Waals surface area contributed by atoms with Gasteiger partial charge in [-0.2, -0.15) is 13.1 Å². The van der Waals surface area contributed by atoms with Crippen molar-refractivity contribution >= 4 is 32.5 Å². The van der Waals surface area contributed by atoms with Crippen LogP contribution in [0.15, 0.2) is 48.7 Å². The first-order chi connectivity index (χ1) is 19.0. The van der Waals surface area contributed by atoms with Gasteiger partial charge >= 0.3 is 5.76 Å². The fraction of sp³-hybridized carbons (Fsp3) is 0.464. The summed E-state index contributed by atoms with van der Waals surface area (Å²) in [6.45, 7) is 7.15. The Balaban J connectivity index is 1.29. The number of hydrogen-bond donors (Lipinski definition) is 1. The zero-order valence-corrected chi connectivity index (χ0v) is 23.4. The topological polar surface area (TPSA) is 105 Å². The molecule has 3 aromatic rings. The molecule has 0 saturated carbocycles. The van der Waals surface area contributed by atoms with Gasteiger partial charge in [-0.1, -0.05) is 25.1 Å². The number of nitrogens with zero attached hydrogens (tertiary/aromatic N) is 4. The number of halogens is 2. The zero-order chi connectivity index (χ0) is 28.6. The molecule has 0 unspecified atom stereocenters. The van der Waals surface area contributed by atoms with Crippen LogP contribution in [0.3, 0.4) is 0 Å². The number of ether oxygens (including phenoxy) is 1. The van der Waals surface area contributed by atoms with E-state index >= 15 is 0 Å². The number of benzene rings is 1. The third-order valence-corrected chi connectivity index (χ3v) is 8.87. The van der Waals surface area contributed by atoms with Gasteiger partial charge in [0.15, 0.2) is 0 Å². The number of sulfonamides is 1. The van der Waals surface area contributed by atoms with Gasteiger partial charge < -0.3 is 15.0 Å². The number of aromatic nitrogens is 2. The standard InChI is InChI=1S/C28H33F2N5O4S/c1-17-13-35(40(37,38)28(29)30)16-25(17)33-27(36)11-23-10-22-9-20(7-8-21(22)12-31-23)24-5-4-6-26(32-24)34-14-18(2)39-19(3)15-34/h4-10,12,17-19,25,28H,11,13-16H2,1-3H3,(H,33,36)/t17-,18-,19+,25-/m0/s1. The Bertz CT molecular complexity index is 1500. The van der Waals surface area contributed by atoms with Crippen molar-refractivity contribution in [2.75, 3.05) is 31.1 Å². The van der Waals surface area contributed by atoms with Crippen LogP contribution in [-0.4, -0.2) is 78.8 Å². The second kappa shape index (κ2) is 11.3. The molecule has 40 heavy (non-hydrogen) atoms. The quantitative estimate of drug-likeness (QED) is 0.462. The lowest BCUT2D eigenvalue weighted by molar-refractivity contribution is -0.121. The smallest absolute Gasteiger partial charge is 0.350 e. The molecule has 2 aliphatic rings. The Morgan fingerprint density at radius 1 is 1.05 bits per heavy atom. The number of fused-ring (bicyclic) bond motifs is 1. The van der Waals surface area contributed by atoms with E-state index in [-0.39, 0.29) is 43.5 Å². The molecule has 1 amide bonds. The first-order valence-corrected chi connectivity index (χ1v) is 14.8. The summed E-state index contributed by atoms with van der Waals surface area (Å²) in [5.41, 5.74) is 2.31. The molecule has 2 aliphatic heterocycles. The minimum atomic E-state index is -4.68. The third kappa shape index (κ3) is 6.08. The molecule has 0 spiro atoms. The fourth-order valence-corrected chi connectivity index (χ4v) is 6.46. The van der Waals surface area contributed by atoms with E-state index in [9.17, 15) is 22.0 Å². The van der Waals surface area contributed by atoms with Crippen LogP contribution >= 0.6 is 0 Å². The van der Waals surface area contributed by atoms with Crippen molar-refractivity contribution in [3.8, 4) is 11.3 Å². The van der Waals surface area contributed by atoms with Crippen molar-refractivity contribution in [1.29, 1.82) is 0 Å². The number of nitrogens with one attached hydrogen (secondary N) is 1. The van der Waals surface area contributed by atoms with E-state index in [1.54, 1.807) is 13.1 Å². The van der Waals surface area contributed by atoms with Crippen LogP contribution in [0.1, 0.15) is 26.5 Å². The monoisotopic (exact) mass is 573 g/mol. The molecule has 12 heteroatoms. The van der Waals surface area contributed by atoms with Gasteiger partial charge in [0.2, 0.25) is 5.91 Å². The average Bonchev–Trinajstić information content (AvgIpc) is 3.28. The van der Waals surface area contributed by atoms with E-state index in [0.717, 1.165) is 45.2 Å². The number of pyridine rings is 2. The summed E-state index contributed by atoms with van der Waals surface area (Å²) >= 11 is 0.